The van der Waals surface area contributed by atoms with E-state index >= 15 is 0 Å². The summed E-state index contributed by atoms with van der Waals surface area (Å²) in [6, 6.07) is 0. The molecule has 2 aromatic rings. The topological polar surface area (TPSA) is 80.0 Å². The summed E-state index contributed by atoms with van der Waals surface area (Å²) in [7, 11) is 1.95. The number of aryl methyl sites for hydroxylation is 1. The summed E-state index contributed by atoms with van der Waals surface area (Å²) in [5, 5.41) is 17.9. The SMILES string of the molecule is CCNC(=NCc1nnc(C)n1C)NCc1nc(C(C)C)cs1.I. The lowest BCUT2D eigenvalue weighted by Crippen LogP contribution is -2.36. The number of rotatable bonds is 6. The first-order valence-electron chi connectivity index (χ1n) is 7.82. The van der Waals surface area contributed by atoms with Crippen LogP contribution in [0.4, 0.5) is 0 Å². The van der Waals surface area contributed by atoms with E-state index in [-0.39, 0.29) is 24.0 Å². The second-order valence-electron chi connectivity index (χ2n) is 5.59. The van der Waals surface area contributed by atoms with E-state index in [0.717, 1.165) is 34.9 Å². The average molecular weight is 463 g/mol. The zero-order valence-corrected chi connectivity index (χ0v) is 18.0. The van der Waals surface area contributed by atoms with Crippen molar-refractivity contribution >= 4 is 41.3 Å². The third kappa shape index (κ3) is 5.69. The number of aliphatic imine (C=N–C) groups is 1. The summed E-state index contributed by atoms with van der Waals surface area (Å²) in [5.41, 5.74) is 1.14. The van der Waals surface area contributed by atoms with E-state index in [0.29, 0.717) is 19.0 Å². The molecule has 2 aromatic heterocycles. The van der Waals surface area contributed by atoms with Crippen LogP contribution in [0.5, 0.6) is 0 Å². The Hall–Kier alpha value is -1.23. The highest BCUT2D eigenvalue weighted by atomic mass is 127. The van der Waals surface area contributed by atoms with E-state index < -0.39 is 0 Å². The Morgan fingerprint density at radius 1 is 1.33 bits per heavy atom. The standard InChI is InChI=1S/C15H25N7S.HI/c1-6-16-15(17-7-13-21-20-11(4)22(13)5)18-8-14-19-12(9-23-14)10(2)3;/h9-10H,6-8H2,1-5H3,(H2,16,17,18);1H. The maximum absolute atomic E-state index is 4.62. The molecule has 0 aliphatic rings. The number of hydrogen-bond acceptors (Lipinski definition) is 5. The van der Waals surface area contributed by atoms with E-state index in [1.807, 2.05) is 25.5 Å². The lowest BCUT2D eigenvalue weighted by Gasteiger charge is -2.10. The van der Waals surface area contributed by atoms with Gasteiger partial charge >= 0.3 is 0 Å². The van der Waals surface area contributed by atoms with Crippen molar-refractivity contribution in [2.45, 2.75) is 46.7 Å². The molecule has 0 saturated heterocycles. The van der Waals surface area contributed by atoms with Crippen molar-refractivity contribution in [3.8, 4) is 0 Å². The summed E-state index contributed by atoms with van der Waals surface area (Å²) in [6.07, 6.45) is 0. The molecule has 0 aliphatic carbocycles. The predicted molar refractivity (Wildman–Crippen MR) is 109 cm³/mol. The van der Waals surface area contributed by atoms with Crippen LogP contribution in [0.25, 0.3) is 0 Å². The van der Waals surface area contributed by atoms with Gasteiger partial charge in [0.15, 0.2) is 11.8 Å². The van der Waals surface area contributed by atoms with Gasteiger partial charge in [-0.3, -0.25) is 0 Å². The predicted octanol–water partition coefficient (Wildman–Crippen LogP) is 2.58. The fourth-order valence-electron chi connectivity index (χ4n) is 1.91. The number of hydrogen-bond donors (Lipinski definition) is 2. The van der Waals surface area contributed by atoms with Gasteiger partial charge in [0.25, 0.3) is 0 Å². The molecule has 0 saturated carbocycles. The lowest BCUT2D eigenvalue weighted by molar-refractivity contribution is 0.752. The van der Waals surface area contributed by atoms with E-state index in [4.69, 9.17) is 0 Å². The Kier molecular flexibility index (Phi) is 8.60. The largest absolute Gasteiger partial charge is 0.357 e. The molecule has 0 bridgehead atoms. The molecule has 0 atom stereocenters. The Labute approximate surface area is 164 Å². The van der Waals surface area contributed by atoms with Gasteiger partial charge in [-0.25, -0.2) is 9.98 Å². The summed E-state index contributed by atoms with van der Waals surface area (Å²) in [4.78, 5) is 9.19. The molecular formula is C15H26IN7S. The zero-order chi connectivity index (χ0) is 16.8. The molecule has 0 aromatic carbocycles. The first-order valence-corrected chi connectivity index (χ1v) is 8.70. The van der Waals surface area contributed by atoms with Gasteiger partial charge in [-0.15, -0.1) is 45.5 Å². The second kappa shape index (κ2) is 9.92. The first kappa shape index (κ1) is 20.8. The van der Waals surface area contributed by atoms with Crippen molar-refractivity contribution in [1.29, 1.82) is 0 Å². The molecule has 9 heteroatoms. The molecule has 0 spiro atoms. The molecule has 24 heavy (non-hydrogen) atoms. The van der Waals surface area contributed by atoms with Crippen LogP contribution < -0.4 is 10.6 Å². The maximum atomic E-state index is 4.62. The summed E-state index contributed by atoms with van der Waals surface area (Å²) < 4.78 is 1.95. The van der Waals surface area contributed by atoms with Crippen molar-refractivity contribution in [1.82, 2.24) is 30.4 Å². The fourth-order valence-corrected chi connectivity index (χ4v) is 2.81. The lowest BCUT2D eigenvalue weighted by atomic mass is 10.2. The molecule has 7 nitrogen and oxygen atoms in total. The molecule has 0 unspecified atom stereocenters. The highest BCUT2D eigenvalue weighted by Crippen LogP contribution is 2.17. The van der Waals surface area contributed by atoms with Gasteiger partial charge in [-0.05, 0) is 19.8 Å². The highest BCUT2D eigenvalue weighted by molar-refractivity contribution is 14.0. The van der Waals surface area contributed by atoms with Crippen LogP contribution in [-0.2, 0) is 20.1 Å². The second-order valence-corrected chi connectivity index (χ2v) is 6.53. The van der Waals surface area contributed by atoms with Gasteiger partial charge in [-0.1, -0.05) is 13.8 Å². The number of thiazole rings is 1. The van der Waals surface area contributed by atoms with Gasteiger partial charge in [0, 0.05) is 19.0 Å². The van der Waals surface area contributed by atoms with Crippen LogP contribution in [0.2, 0.25) is 0 Å². The van der Waals surface area contributed by atoms with Crippen molar-refractivity contribution in [3.63, 3.8) is 0 Å². The quantitative estimate of drug-likeness (QED) is 0.391. The summed E-state index contributed by atoms with van der Waals surface area (Å²) in [5.74, 6) is 2.95. The minimum absolute atomic E-state index is 0. The Bertz CT molecular complexity index is 663. The Balaban J connectivity index is 0.00000288. The van der Waals surface area contributed by atoms with Crippen LogP contribution in [0.15, 0.2) is 10.4 Å². The van der Waals surface area contributed by atoms with Gasteiger partial charge in [0.1, 0.15) is 17.4 Å². The van der Waals surface area contributed by atoms with Gasteiger partial charge in [0.2, 0.25) is 0 Å². The van der Waals surface area contributed by atoms with Crippen LogP contribution in [0.1, 0.15) is 49.0 Å². The van der Waals surface area contributed by atoms with Gasteiger partial charge in [-0.2, -0.15) is 0 Å². The Morgan fingerprint density at radius 2 is 2.08 bits per heavy atom. The van der Waals surface area contributed by atoms with Crippen LogP contribution in [0, 0.1) is 6.92 Å². The normalized spacial score (nSPS) is 11.5. The molecular weight excluding hydrogens is 437 g/mol. The number of aromatic nitrogens is 4. The first-order chi connectivity index (χ1) is 11.0. The molecule has 2 rings (SSSR count). The number of halogens is 1. The molecule has 0 amide bonds. The van der Waals surface area contributed by atoms with Crippen molar-refractivity contribution in [2.75, 3.05) is 6.54 Å². The van der Waals surface area contributed by atoms with E-state index in [9.17, 15) is 0 Å². The number of nitrogens with zero attached hydrogens (tertiary/aromatic N) is 5. The summed E-state index contributed by atoms with van der Waals surface area (Å²) in [6.45, 7) is 10.2. The smallest absolute Gasteiger partial charge is 0.192 e. The highest BCUT2D eigenvalue weighted by Gasteiger charge is 2.07. The maximum Gasteiger partial charge on any atom is 0.192 e. The monoisotopic (exact) mass is 463 g/mol. The Morgan fingerprint density at radius 3 is 2.62 bits per heavy atom. The third-order valence-electron chi connectivity index (χ3n) is 3.47. The third-order valence-corrected chi connectivity index (χ3v) is 4.34. The van der Waals surface area contributed by atoms with E-state index in [1.165, 1.54) is 0 Å². The molecule has 0 fully saturated rings. The van der Waals surface area contributed by atoms with Crippen LogP contribution in [-0.4, -0.2) is 32.3 Å². The number of guanidine groups is 1. The molecule has 134 valence electrons. The number of nitrogens with one attached hydrogen (secondary N) is 2. The molecule has 0 aliphatic heterocycles. The average Bonchev–Trinajstić information content (AvgIpc) is 3.11. The summed E-state index contributed by atoms with van der Waals surface area (Å²) >= 11 is 1.68. The molecule has 0 radical (unpaired) electrons. The van der Waals surface area contributed by atoms with Gasteiger partial charge < -0.3 is 15.2 Å². The molecule has 2 N–H and O–H groups in total. The van der Waals surface area contributed by atoms with E-state index in [2.05, 4.69) is 50.0 Å². The van der Waals surface area contributed by atoms with Crippen LogP contribution in [0.3, 0.4) is 0 Å². The van der Waals surface area contributed by atoms with Crippen LogP contribution >= 0.6 is 35.3 Å². The fraction of sp³-hybridized carbons (Fsp3) is 0.600. The van der Waals surface area contributed by atoms with Crippen molar-refractivity contribution in [2.24, 2.45) is 12.0 Å². The van der Waals surface area contributed by atoms with Crippen molar-refractivity contribution < 1.29 is 0 Å². The minimum Gasteiger partial charge on any atom is -0.357 e. The minimum atomic E-state index is 0. The van der Waals surface area contributed by atoms with Crippen molar-refractivity contribution in [3.05, 3.63) is 27.7 Å². The van der Waals surface area contributed by atoms with Gasteiger partial charge in [0.05, 0.1) is 12.2 Å². The van der Waals surface area contributed by atoms with E-state index in [1.54, 1.807) is 11.3 Å². The zero-order valence-electron chi connectivity index (χ0n) is 14.8. The molecule has 2 heterocycles.